The number of carbonyl (C=O) groups excluding carboxylic acids is 4. The summed E-state index contributed by atoms with van der Waals surface area (Å²) in [6.45, 7) is 0.705. The molecule has 2 aromatic rings. The van der Waals surface area contributed by atoms with E-state index in [4.69, 9.17) is 9.26 Å². The van der Waals surface area contributed by atoms with Gasteiger partial charge in [-0.2, -0.15) is 0 Å². The molecule has 0 radical (unpaired) electrons. The maximum Gasteiger partial charge on any atom is 0.287 e. The first-order chi connectivity index (χ1) is 13.9. The minimum atomic E-state index is -1.08. The number of amides is 3. The number of anilines is 1. The van der Waals surface area contributed by atoms with Gasteiger partial charge in [-0.3, -0.25) is 29.4 Å². The van der Waals surface area contributed by atoms with Crippen molar-refractivity contribution in [1.29, 1.82) is 0 Å². The van der Waals surface area contributed by atoms with Gasteiger partial charge in [-0.1, -0.05) is 16.9 Å². The summed E-state index contributed by atoms with van der Waals surface area (Å²) < 4.78 is 24.7. The SMILES string of the molecule is COC[C@H]1CN(c2noc3c(F)cc(CC4C(=O)CC(=O)NC4=O)cc23)C(=O)S1. The van der Waals surface area contributed by atoms with Crippen molar-refractivity contribution in [2.45, 2.75) is 18.1 Å². The zero-order valence-corrected chi connectivity index (χ0v) is 16.1. The number of benzene rings is 1. The van der Waals surface area contributed by atoms with Crippen molar-refractivity contribution in [1.82, 2.24) is 10.5 Å². The molecule has 2 fully saturated rings. The van der Waals surface area contributed by atoms with E-state index in [1.54, 1.807) is 6.07 Å². The predicted octanol–water partition coefficient (Wildman–Crippen LogP) is 1.43. The van der Waals surface area contributed by atoms with Gasteiger partial charge in [-0.05, 0) is 24.1 Å². The number of nitrogens with zero attached hydrogens (tertiary/aromatic N) is 2. The molecule has 2 aliphatic heterocycles. The molecule has 0 bridgehead atoms. The van der Waals surface area contributed by atoms with E-state index < -0.39 is 29.3 Å². The van der Waals surface area contributed by atoms with Crippen LogP contribution in [0.4, 0.5) is 15.0 Å². The summed E-state index contributed by atoms with van der Waals surface area (Å²) in [4.78, 5) is 49.1. The average molecular weight is 421 g/mol. The summed E-state index contributed by atoms with van der Waals surface area (Å²) in [7, 11) is 1.54. The van der Waals surface area contributed by atoms with E-state index in [2.05, 4.69) is 10.5 Å². The van der Waals surface area contributed by atoms with E-state index in [9.17, 15) is 23.6 Å². The van der Waals surface area contributed by atoms with Crippen molar-refractivity contribution in [3.63, 3.8) is 0 Å². The lowest BCUT2D eigenvalue weighted by Crippen LogP contribution is -2.46. The Balaban J connectivity index is 1.65. The van der Waals surface area contributed by atoms with Crippen LogP contribution in [0.2, 0.25) is 0 Å². The van der Waals surface area contributed by atoms with Crippen molar-refractivity contribution in [2.24, 2.45) is 5.92 Å². The molecule has 2 saturated heterocycles. The highest BCUT2D eigenvalue weighted by molar-refractivity contribution is 8.14. The minimum absolute atomic E-state index is 0.0789. The van der Waals surface area contributed by atoms with Gasteiger partial charge in [0.15, 0.2) is 17.4 Å². The van der Waals surface area contributed by atoms with Gasteiger partial charge in [0.25, 0.3) is 5.24 Å². The van der Waals surface area contributed by atoms with Gasteiger partial charge in [-0.15, -0.1) is 0 Å². The number of fused-ring (bicyclic) bond motifs is 1. The molecule has 3 amide bonds. The first kappa shape index (κ1) is 19.5. The third-order valence-corrected chi connectivity index (χ3v) is 5.83. The van der Waals surface area contributed by atoms with Gasteiger partial charge >= 0.3 is 0 Å². The number of piperidine rings is 1. The average Bonchev–Trinajstić information content (AvgIpc) is 3.22. The Labute approximate surface area is 167 Å². The normalized spacial score (nSPS) is 22.6. The van der Waals surface area contributed by atoms with E-state index >= 15 is 0 Å². The summed E-state index contributed by atoms with van der Waals surface area (Å²) in [6, 6.07) is 2.70. The maximum absolute atomic E-state index is 14.6. The summed E-state index contributed by atoms with van der Waals surface area (Å²) in [5, 5.41) is 5.90. The Morgan fingerprint density at radius 2 is 2.14 bits per heavy atom. The van der Waals surface area contributed by atoms with Gasteiger partial charge in [0.2, 0.25) is 17.4 Å². The minimum Gasteiger partial charge on any atom is -0.383 e. The van der Waals surface area contributed by atoms with Crippen LogP contribution in [-0.4, -0.2) is 53.5 Å². The van der Waals surface area contributed by atoms with Crippen LogP contribution in [-0.2, 0) is 25.5 Å². The maximum atomic E-state index is 14.6. The molecule has 0 saturated carbocycles. The number of aromatic nitrogens is 1. The van der Waals surface area contributed by atoms with Gasteiger partial charge in [-0.25, -0.2) is 4.39 Å². The van der Waals surface area contributed by atoms with Gasteiger partial charge < -0.3 is 9.26 Å². The standard InChI is InChI=1S/C18H16FN3O6S/c1-27-7-9-6-22(18(26)29-9)16-11-3-8(4-12(19)15(11)28-21-16)2-10-13(23)5-14(24)20-17(10)25/h3-4,9-10H,2,5-7H2,1H3,(H,20,24,25)/t9-,10?/m1/s1. The number of Topliss-reactive ketones (excluding diaryl/α,β-unsaturated/α-hetero) is 1. The van der Waals surface area contributed by atoms with Crippen LogP contribution in [0, 0.1) is 11.7 Å². The van der Waals surface area contributed by atoms with E-state index in [1.807, 2.05) is 0 Å². The molecule has 11 heteroatoms. The lowest BCUT2D eigenvalue weighted by atomic mass is 9.89. The summed E-state index contributed by atoms with van der Waals surface area (Å²) in [6.07, 6.45) is -0.468. The van der Waals surface area contributed by atoms with Gasteiger partial charge in [0, 0.05) is 13.7 Å². The highest BCUT2D eigenvalue weighted by Gasteiger charge is 2.36. The Bertz CT molecular complexity index is 1020. The number of halogens is 1. The van der Waals surface area contributed by atoms with Crippen LogP contribution in [0.5, 0.6) is 0 Å². The lowest BCUT2D eigenvalue weighted by molar-refractivity contribution is -0.143. The molecule has 2 atom stereocenters. The van der Waals surface area contributed by atoms with E-state index in [0.29, 0.717) is 18.7 Å². The first-order valence-corrected chi connectivity index (χ1v) is 9.66. The number of ether oxygens (including phenoxy) is 1. The number of carbonyl (C=O) groups is 4. The van der Waals surface area contributed by atoms with Crippen LogP contribution in [0.25, 0.3) is 11.0 Å². The van der Waals surface area contributed by atoms with Crippen molar-refractivity contribution in [3.05, 3.63) is 23.5 Å². The van der Waals surface area contributed by atoms with Crippen molar-refractivity contribution >= 4 is 51.4 Å². The topological polar surface area (TPSA) is 119 Å². The Kier molecular flexibility index (Phi) is 5.09. The molecular formula is C18H16FN3O6S. The summed E-state index contributed by atoms with van der Waals surface area (Å²) in [5.41, 5.74) is 0.237. The highest BCUT2D eigenvalue weighted by Crippen LogP contribution is 2.36. The molecule has 0 aliphatic carbocycles. The van der Waals surface area contributed by atoms with E-state index in [1.165, 1.54) is 12.0 Å². The Hall–Kier alpha value is -2.79. The number of methoxy groups -OCH3 is 1. The van der Waals surface area contributed by atoms with E-state index in [0.717, 1.165) is 17.8 Å². The largest absolute Gasteiger partial charge is 0.383 e. The molecule has 4 rings (SSSR count). The van der Waals surface area contributed by atoms with Crippen molar-refractivity contribution < 1.29 is 32.8 Å². The molecule has 1 aromatic carbocycles. The molecule has 152 valence electrons. The van der Waals surface area contributed by atoms with Crippen LogP contribution in [0.15, 0.2) is 16.7 Å². The Morgan fingerprint density at radius 1 is 1.34 bits per heavy atom. The number of rotatable bonds is 5. The van der Waals surface area contributed by atoms with Gasteiger partial charge in [0.1, 0.15) is 5.92 Å². The highest BCUT2D eigenvalue weighted by atomic mass is 32.2. The number of hydrogen-bond donors (Lipinski definition) is 1. The molecule has 1 N–H and O–H groups in total. The monoisotopic (exact) mass is 421 g/mol. The second-order valence-electron chi connectivity index (χ2n) is 6.84. The second-order valence-corrected chi connectivity index (χ2v) is 8.10. The zero-order chi connectivity index (χ0) is 20.7. The lowest BCUT2D eigenvalue weighted by Gasteiger charge is -2.19. The van der Waals surface area contributed by atoms with E-state index in [-0.39, 0.29) is 40.1 Å². The fraction of sp³-hybridized carbons (Fsp3) is 0.389. The van der Waals surface area contributed by atoms with Crippen LogP contribution < -0.4 is 10.2 Å². The third kappa shape index (κ3) is 3.62. The van der Waals surface area contributed by atoms with Crippen LogP contribution >= 0.6 is 11.8 Å². The molecule has 3 heterocycles. The molecule has 1 unspecified atom stereocenters. The van der Waals surface area contributed by atoms with Crippen molar-refractivity contribution in [2.75, 3.05) is 25.2 Å². The molecule has 9 nitrogen and oxygen atoms in total. The van der Waals surface area contributed by atoms with Crippen LogP contribution in [0.3, 0.4) is 0 Å². The van der Waals surface area contributed by atoms with Crippen LogP contribution in [0.1, 0.15) is 12.0 Å². The molecule has 2 aliphatic rings. The second kappa shape index (κ2) is 7.56. The molecule has 0 spiro atoms. The summed E-state index contributed by atoms with van der Waals surface area (Å²) >= 11 is 1.10. The zero-order valence-electron chi connectivity index (χ0n) is 15.3. The molecular weight excluding hydrogens is 405 g/mol. The molecule has 1 aromatic heterocycles. The summed E-state index contributed by atoms with van der Waals surface area (Å²) in [5.74, 6) is -3.49. The smallest absolute Gasteiger partial charge is 0.287 e. The number of thioether (sulfide) groups is 1. The van der Waals surface area contributed by atoms with Gasteiger partial charge in [0.05, 0.1) is 23.7 Å². The predicted molar refractivity (Wildman–Crippen MR) is 99.9 cm³/mol. The number of ketones is 1. The quantitative estimate of drug-likeness (QED) is 0.569. The third-order valence-electron chi connectivity index (χ3n) is 4.79. The Morgan fingerprint density at radius 3 is 2.86 bits per heavy atom. The first-order valence-electron chi connectivity index (χ1n) is 8.78. The number of imide groups is 1. The fourth-order valence-corrected chi connectivity index (χ4v) is 4.47. The number of nitrogens with one attached hydrogen (secondary N) is 1. The fourth-order valence-electron chi connectivity index (χ4n) is 3.46. The molecule has 29 heavy (non-hydrogen) atoms. The van der Waals surface area contributed by atoms with Crippen molar-refractivity contribution in [3.8, 4) is 0 Å². The number of hydrogen-bond acceptors (Lipinski definition) is 8.